The maximum atomic E-state index is 12.5. The third-order valence-electron chi connectivity index (χ3n) is 4.85. The van der Waals surface area contributed by atoms with E-state index < -0.39 is 0 Å². The molecule has 2 aliphatic rings. The first-order chi connectivity index (χ1) is 11.7. The van der Waals surface area contributed by atoms with Crippen LogP contribution in [0.25, 0.3) is 10.9 Å². The highest BCUT2D eigenvalue weighted by Crippen LogP contribution is 2.22. The normalized spacial score (nSPS) is 19.5. The molecule has 1 aliphatic carbocycles. The largest absolute Gasteiger partial charge is 0.353 e. The summed E-state index contributed by atoms with van der Waals surface area (Å²) in [4.78, 5) is 26.7. The van der Waals surface area contributed by atoms with E-state index in [1.807, 2.05) is 12.1 Å². The summed E-state index contributed by atoms with van der Waals surface area (Å²) in [6.07, 6.45) is 3.89. The van der Waals surface area contributed by atoms with Crippen molar-refractivity contribution in [3.05, 3.63) is 34.6 Å². The predicted molar refractivity (Wildman–Crippen MR) is 89.3 cm³/mol. The zero-order valence-electron chi connectivity index (χ0n) is 13.5. The zero-order valence-corrected chi connectivity index (χ0v) is 13.5. The maximum absolute atomic E-state index is 12.5. The van der Waals surface area contributed by atoms with Gasteiger partial charge in [-0.1, -0.05) is 17.3 Å². The molecule has 1 aromatic heterocycles. The highest BCUT2D eigenvalue weighted by molar-refractivity contribution is 5.79. The molecule has 1 aliphatic heterocycles. The quantitative estimate of drug-likeness (QED) is 0.896. The fourth-order valence-corrected chi connectivity index (χ4v) is 3.19. The Kier molecular flexibility index (Phi) is 4.02. The third-order valence-corrected chi connectivity index (χ3v) is 4.85. The Morgan fingerprint density at radius 3 is 2.67 bits per heavy atom. The Morgan fingerprint density at radius 2 is 1.92 bits per heavy atom. The summed E-state index contributed by atoms with van der Waals surface area (Å²) in [5.74, 6) is 0.293. The summed E-state index contributed by atoms with van der Waals surface area (Å²) in [5.41, 5.74) is 0.503. The number of fused-ring (bicyclic) bond motifs is 1. The number of nitrogens with zero attached hydrogens (tertiary/aromatic N) is 4. The molecular formula is C17H21N5O2. The Bertz CT molecular complexity index is 806. The molecule has 0 atom stereocenters. The van der Waals surface area contributed by atoms with Crippen LogP contribution in [0.4, 0.5) is 0 Å². The zero-order chi connectivity index (χ0) is 16.5. The molecule has 2 aromatic rings. The minimum absolute atomic E-state index is 0.0984. The fourth-order valence-electron chi connectivity index (χ4n) is 3.19. The first kappa shape index (κ1) is 15.3. The molecular weight excluding hydrogens is 306 g/mol. The number of hydrogen-bond donors (Lipinski definition) is 1. The van der Waals surface area contributed by atoms with E-state index in [-0.39, 0.29) is 17.4 Å². The first-order valence-electron chi connectivity index (χ1n) is 8.56. The number of nitrogens with one attached hydrogen (secondary N) is 1. The molecule has 126 valence electrons. The van der Waals surface area contributed by atoms with Crippen molar-refractivity contribution in [1.82, 2.24) is 25.2 Å². The Labute approximate surface area is 139 Å². The topological polar surface area (TPSA) is 80.1 Å². The average molecular weight is 327 g/mol. The lowest BCUT2D eigenvalue weighted by molar-refractivity contribution is -0.126. The summed E-state index contributed by atoms with van der Waals surface area (Å²) in [7, 11) is 0. The van der Waals surface area contributed by atoms with Crippen LogP contribution in [0.15, 0.2) is 29.1 Å². The van der Waals surface area contributed by atoms with Gasteiger partial charge in [-0.2, -0.15) is 4.68 Å². The summed E-state index contributed by atoms with van der Waals surface area (Å²) < 4.78 is 1.41. The van der Waals surface area contributed by atoms with Crippen molar-refractivity contribution in [1.29, 1.82) is 0 Å². The molecule has 0 bridgehead atoms. The lowest BCUT2D eigenvalue weighted by Gasteiger charge is -2.31. The van der Waals surface area contributed by atoms with Gasteiger partial charge in [-0.05, 0) is 37.8 Å². The minimum atomic E-state index is -0.116. The molecule has 4 rings (SSSR count). The third kappa shape index (κ3) is 3.17. The van der Waals surface area contributed by atoms with Crippen LogP contribution < -0.4 is 10.9 Å². The van der Waals surface area contributed by atoms with Gasteiger partial charge in [-0.3, -0.25) is 14.5 Å². The van der Waals surface area contributed by atoms with Gasteiger partial charge in [-0.15, -0.1) is 5.10 Å². The van der Waals surface area contributed by atoms with Gasteiger partial charge in [-0.25, -0.2) is 0 Å². The summed E-state index contributed by atoms with van der Waals surface area (Å²) in [6, 6.07) is 7.66. The van der Waals surface area contributed by atoms with E-state index in [4.69, 9.17) is 0 Å². The molecule has 24 heavy (non-hydrogen) atoms. The van der Waals surface area contributed by atoms with Crippen LogP contribution in [0.2, 0.25) is 0 Å². The summed E-state index contributed by atoms with van der Waals surface area (Å²) in [5, 5.41) is 11.8. The lowest BCUT2D eigenvalue weighted by atomic mass is 9.96. The lowest BCUT2D eigenvalue weighted by Crippen LogP contribution is -2.43. The van der Waals surface area contributed by atoms with Crippen molar-refractivity contribution < 1.29 is 4.79 Å². The van der Waals surface area contributed by atoms with E-state index in [1.165, 1.54) is 4.68 Å². The molecule has 0 radical (unpaired) electrons. The number of aromatic nitrogens is 3. The maximum Gasteiger partial charge on any atom is 0.278 e. The summed E-state index contributed by atoms with van der Waals surface area (Å²) >= 11 is 0. The Morgan fingerprint density at radius 1 is 1.17 bits per heavy atom. The second kappa shape index (κ2) is 6.32. The van der Waals surface area contributed by atoms with Gasteiger partial charge in [0, 0.05) is 25.0 Å². The van der Waals surface area contributed by atoms with E-state index in [0.717, 1.165) is 38.8 Å². The van der Waals surface area contributed by atoms with Crippen LogP contribution in [0, 0.1) is 5.92 Å². The molecule has 7 nitrogen and oxygen atoms in total. The van der Waals surface area contributed by atoms with Gasteiger partial charge in [0.2, 0.25) is 5.91 Å². The second-order valence-corrected chi connectivity index (χ2v) is 6.73. The molecule has 1 aromatic carbocycles. The number of carbonyl (C=O) groups excluding carboxylic acids is 1. The van der Waals surface area contributed by atoms with Gasteiger partial charge in [0.25, 0.3) is 5.56 Å². The molecule has 1 saturated carbocycles. The average Bonchev–Trinajstić information content (AvgIpc) is 3.42. The molecule has 2 heterocycles. The van der Waals surface area contributed by atoms with Crippen LogP contribution in [-0.4, -0.2) is 44.9 Å². The van der Waals surface area contributed by atoms with E-state index in [9.17, 15) is 9.59 Å². The molecule has 0 unspecified atom stereocenters. The van der Waals surface area contributed by atoms with Crippen molar-refractivity contribution in [3.63, 3.8) is 0 Å². The van der Waals surface area contributed by atoms with E-state index >= 15 is 0 Å². The molecule has 0 spiro atoms. The Balaban J connectivity index is 1.39. The van der Waals surface area contributed by atoms with Gasteiger partial charge in [0.15, 0.2) is 0 Å². The number of likely N-dealkylation sites (tertiary alicyclic amines) is 1. The van der Waals surface area contributed by atoms with Gasteiger partial charge in [0.05, 0.1) is 12.1 Å². The molecule has 1 saturated heterocycles. The number of carbonyl (C=O) groups is 1. The van der Waals surface area contributed by atoms with Crippen LogP contribution in [-0.2, 0) is 11.5 Å². The second-order valence-electron chi connectivity index (χ2n) is 6.73. The fraction of sp³-hybridized carbons (Fsp3) is 0.529. The molecule has 1 amide bonds. The Hall–Kier alpha value is -2.28. The van der Waals surface area contributed by atoms with E-state index in [1.54, 1.807) is 12.1 Å². The highest BCUT2D eigenvalue weighted by atomic mass is 16.2. The molecule has 1 N–H and O–H groups in total. The van der Waals surface area contributed by atoms with Crippen LogP contribution in [0.1, 0.15) is 25.7 Å². The first-order valence-corrected chi connectivity index (χ1v) is 8.56. The van der Waals surface area contributed by atoms with Gasteiger partial charge in [0.1, 0.15) is 5.52 Å². The van der Waals surface area contributed by atoms with Crippen molar-refractivity contribution in [2.75, 3.05) is 13.1 Å². The molecule has 7 heteroatoms. The van der Waals surface area contributed by atoms with Crippen molar-refractivity contribution in [2.45, 2.75) is 38.4 Å². The predicted octanol–water partition coefficient (Wildman–Crippen LogP) is 0.740. The van der Waals surface area contributed by atoms with Crippen molar-refractivity contribution in [2.24, 2.45) is 5.92 Å². The highest BCUT2D eigenvalue weighted by Gasteiger charge is 2.30. The van der Waals surface area contributed by atoms with E-state index in [0.29, 0.717) is 23.6 Å². The smallest absolute Gasteiger partial charge is 0.278 e. The van der Waals surface area contributed by atoms with Crippen molar-refractivity contribution >= 4 is 16.8 Å². The van der Waals surface area contributed by atoms with E-state index in [2.05, 4.69) is 20.5 Å². The van der Waals surface area contributed by atoms with Crippen LogP contribution >= 0.6 is 0 Å². The SMILES string of the molecule is O=C(NC1CC1)C1CCN(Cn2nnc3ccccc3c2=O)CC1. The van der Waals surface area contributed by atoms with Gasteiger partial charge >= 0.3 is 0 Å². The number of hydrogen-bond acceptors (Lipinski definition) is 5. The van der Waals surface area contributed by atoms with Gasteiger partial charge < -0.3 is 5.32 Å². The van der Waals surface area contributed by atoms with Crippen LogP contribution in [0.5, 0.6) is 0 Å². The number of rotatable bonds is 4. The number of benzene rings is 1. The molecule has 2 fully saturated rings. The number of amides is 1. The monoisotopic (exact) mass is 327 g/mol. The minimum Gasteiger partial charge on any atom is -0.353 e. The van der Waals surface area contributed by atoms with Crippen LogP contribution in [0.3, 0.4) is 0 Å². The summed E-state index contributed by atoms with van der Waals surface area (Å²) in [6.45, 7) is 2.01. The van der Waals surface area contributed by atoms with Crippen molar-refractivity contribution in [3.8, 4) is 0 Å². The standard InChI is InChI=1S/C17H21N5O2/c23-16(18-13-5-6-13)12-7-9-21(10-8-12)11-22-17(24)14-3-1-2-4-15(14)19-20-22/h1-4,12-13H,5-11H2,(H,18,23). The number of piperidine rings is 1.